The summed E-state index contributed by atoms with van der Waals surface area (Å²) in [6.07, 6.45) is 3.94. The van der Waals surface area contributed by atoms with Crippen LogP contribution in [0.15, 0.2) is 18.5 Å². The van der Waals surface area contributed by atoms with Gasteiger partial charge in [-0.15, -0.1) is 0 Å². The molecule has 0 saturated carbocycles. The van der Waals surface area contributed by atoms with Gasteiger partial charge in [0.15, 0.2) is 0 Å². The van der Waals surface area contributed by atoms with E-state index in [9.17, 15) is 4.79 Å². The summed E-state index contributed by atoms with van der Waals surface area (Å²) in [7, 11) is 1.67. The Kier molecular flexibility index (Phi) is 5.72. The van der Waals surface area contributed by atoms with Crippen LogP contribution >= 0.6 is 0 Å². The Balaban J connectivity index is 2.60. The van der Waals surface area contributed by atoms with Crippen molar-refractivity contribution in [1.82, 2.24) is 10.3 Å². The number of hydrogen-bond acceptors (Lipinski definition) is 5. The molecule has 0 atom stereocenters. The maximum absolute atomic E-state index is 12.1. The van der Waals surface area contributed by atoms with E-state index in [1.165, 1.54) is 6.20 Å². The molecule has 1 amide bonds. The fourth-order valence-corrected chi connectivity index (χ4v) is 1.58. The number of hydrogen-bond donors (Lipinski definition) is 3. The number of nitrogens with zero attached hydrogens (tertiary/aromatic N) is 1. The van der Waals surface area contributed by atoms with Crippen LogP contribution in [0, 0.1) is 5.41 Å². The van der Waals surface area contributed by atoms with Gasteiger partial charge in [0.1, 0.15) is 0 Å². The zero-order valence-electron chi connectivity index (χ0n) is 11.7. The second-order valence-electron chi connectivity index (χ2n) is 5.16. The first-order valence-electron chi connectivity index (χ1n) is 6.18. The Morgan fingerprint density at radius 1 is 1.53 bits per heavy atom. The van der Waals surface area contributed by atoms with Gasteiger partial charge >= 0.3 is 0 Å². The van der Waals surface area contributed by atoms with E-state index in [1.54, 1.807) is 19.4 Å². The topological polar surface area (TPSA) is 89.3 Å². The lowest BCUT2D eigenvalue weighted by atomic mass is 9.89. The summed E-state index contributed by atoms with van der Waals surface area (Å²) in [6, 6.07) is 1.66. The van der Waals surface area contributed by atoms with E-state index >= 15 is 0 Å². The minimum absolute atomic E-state index is 0.0236. The van der Waals surface area contributed by atoms with Crippen molar-refractivity contribution in [2.24, 2.45) is 11.3 Å². The van der Waals surface area contributed by atoms with Crippen molar-refractivity contribution in [3.63, 3.8) is 0 Å². The molecule has 19 heavy (non-hydrogen) atoms. The summed E-state index contributed by atoms with van der Waals surface area (Å²) in [5.41, 5.74) is 3.46. The number of aromatic nitrogens is 1. The third kappa shape index (κ3) is 4.84. The highest BCUT2D eigenvalue weighted by atomic mass is 16.5. The molecule has 6 heteroatoms. The number of carbonyl (C=O) groups excluding carboxylic acids is 1. The average molecular weight is 266 g/mol. The summed E-state index contributed by atoms with van der Waals surface area (Å²) >= 11 is 0. The fraction of sp³-hybridized carbons (Fsp3) is 0.538. The number of nitrogens with two attached hydrogens (primary N) is 1. The van der Waals surface area contributed by atoms with Crippen molar-refractivity contribution >= 4 is 11.6 Å². The van der Waals surface area contributed by atoms with Crippen LogP contribution in [0.25, 0.3) is 0 Å². The summed E-state index contributed by atoms with van der Waals surface area (Å²) in [5.74, 6) is 5.17. The zero-order valence-corrected chi connectivity index (χ0v) is 11.7. The van der Waals surface area contributed by atoms with E-state index in [2.05, 4.69) is 29.6 Å². The van der Waals surface area contributed by atoms with Crippen LogP contribution in [-0.4, -0.2) is 31.2 Å². The monoisotopic (exact) mass is 266 g/mol. The van der Waals surface area contributed by atoms with Crippen LogP contribution in [-0.2, 0) is 4.74 Å². The number of amides is 1. The largest absolute Gasteiger partial charge is 0.385 e. The minimum atomic E-state index is -0.188. The number of hydrazine groups is 1. The standard InChI is InChI=1S/C13H22N4O2/c1-13(2,5-7-19-3)9-16-12(18)10-8-15-6-4-11(10)17-14/h4,6,8H,5,7,9,14H2,1-3H3,(H,15,17)(H,16,18). The van der Waals surface area contributed by atoms with Crippen LogP contribution in [0.5, 0.6) is 0 Å². The lowest BCUT2D eigenvalue weighted by Crippen LogP contribution is -2.35. The molecule has 1 rings (SSSR count). The molecule has 0 unspecified atom stereocenters. The molecule has 0 fully saturated rings. The highest BCUT2D eigenvalue weighted by Crippen LogP contribution is 2.19. The normalized spacial score (nSPS) is 11.2. The number of nitrogens with one attached hydrogen (secondary N) is 2. The number of nitrogen functional groups attached to an aromatic ring is 1. The highest BCUT2D eigenvalue weighted by Gasteiger charge is 2.20. The molecule has 0 aliphatic rings. The van der Waals surface area contributed by atoms with Gasteiger partial charge in [0.2, 0.25) is 0 Å². The van der Waals surface area contributed by atoms with E-state index in [-0.39, 0.29) is 11.3 Å². The molecular weight excluding hydrogens is 244 g/mol. The second-order valence-corrected chi connectivity index (χ2v) is 5.16. The molecule has 0 spiro atoms. The van der Waals surface area contributed by atoms with Gasteiger partial charge in [0, 0.05) is 32.7 Å². The predicted octanol–water partition coefficient (Wildman–Crippen LogP) is 1.16. The van der Waals surface area contributed by atoms with E-state index in [0.29, 0.717) is 24.4 Å². The van der Waals surface area contributed by atoms with Gasteiger partial charge < -0.3 is 15.5 Å². The third-order valence-corrected chi connectivity index (χ3v) is 2.93. The summed E-state index contributed by atoms with van der Waals surface area (Å²) in [6.45, 7) is 5.40. The van der Waals surface area contributed by atoms with Gasteiger partial charge in [-0.25, -0.2) is 0 Å². The van der Waals surface area contributed by atoms with E-state index in [0.717, 1.165) is 6.42 Å². The van der Waals surface area contributed by atoms with Crippen molar-refractivity contribution in [3.8, 4) is 0 Å². The van der Waals surface area contributed by atoms with Crippen LogP contribution in [0.2, 0.25) is 0 Å². The van der Waals surface area contributed by atoms with E-state index in [4.69, 9.17) is 10.6 Å². The summed E-state index contributed by atoms with van der Waals surface area (Å²) in [4.78, 5) is 16.0. The minimum Gasteiger partial charge on any atom is -0.385 e. The maximum Gasteiger partial charge on any atom is 0.255 e. The molecule has 0 radical (unpaired) electrons. The van der Waals surface area contributed by atoms with Crippen LogP contribution < -0.4 is 16.6 Å². The summed E-state index contributed by atoms with van der Waals surface area (Å²) in [5, 5.41) is 2.89. The number of pyridine rings is 1. The van der Waals surface area contributed by atoms with Gasteiger partial charge in [-0.05, 0) is 17.9 Å². The van der Waals surface area contributed by atoms with Gasteiger partial charge in [-0.1, -0.05) is 13.8 Å². The average Bonchev–Trinajstić information content (AvgIpc) is 2.42. The molecule has 0 aromatic carbocycles. The molecule has 106 valence electrons. The van der Waals surface area contributed by atoms with Crippen LogP contribution in [0.1, 0.15) is 30.6 Å². The smallest absolute Gasteiger partial charge is 0.255 e. The summed E-state index contributed by atoms with van der Waals surface area (Å²) < 4.78 is 5.06. The lowest BCUT2D eigenvalue weighted by molar-refractivity contribution is 0.0921. The first-order chi connectivity index (χ1) is 9.00. The quantitative estimate of drug-likeness (QED) is 0.509. The van der Waals surface area contributed by atoms with Crippen molar-refractivity contribution in [2.45, 2.75) is 20.3 Å². The Labute approximate surface area is 113 Å². The molecule has 0 bridgehead atoms. The number of methoxy groups -OCH3 is 1. The number of anilines is 1. The van der Waals surface area contributed by atoms with E-state index in [1.807, 2.05) is 0 Å². The molecule has 1 aromatic heterocycles. The zero-order chi connectivity index (χ0) is 14.3. The van der Waals surface area contributed by atoms with Gasteiger partial charge in [-0.3, -0.25) is 15.6 Å². The molecular formula is C13H22N4O2. The van der Waals surface area contributed by atoms with Gasteiger partial charge in [-0.2, -0.15) is 0 Å². The number of rotatable bonds is 7. The number of carbonyl (C=O) groups is 1. The predicted molar refractivity (Wildman–Crippen MR) is 74.7 cm³/mol. The van der Waals surface area contributed by atoms with Crippen molar-refractivity contribution in [1.29, 1.82) is 0 Å². The SMILES string of the molecule is COCCC(C)(C)CNC(=O)c1cnccc1NN. The van der Waals surface area contributed by atoms with Crippen LogP contribution in [0.4, 0.5) is 5.69 Å². The first-order valence-corrected chi connectivity index (χ1v) is 6.18. The molecule has 0 saturated heterocycles. The molecule has 0 aliphatic carbocycles. The Morgan fingerprint density at radius 3 is 2.89 bits per heavy atom. The molecule has 1 aromatic rings. The fourth-order valence-electron chi connectivity index (χ4n) is 1.58. The molecule has 4 N–H and O–H groups in total. The van der Waals surface area contributed by atoms with Crippen molar-refractivity contribution < 1.29 is 9.53 Å². The van der Waals surface area contributed by atoms with Crippen molar-refractivity contribution in [2.75, 3.05) is 25.7 Å². The molecule has 1 heterocycles. The maximum atomic E-state index is 12.1. The van der Waals surface area contributed by atoms with Crippen LogP contribution in [0.3, 0.4) is 0 Å². The molecule has 6 nitrogen and oxygen atoms in total. The Bertz CT molecular complexity index is 421. The highest BCUT2D eigenvalue weighted by molar-refractivity contribution is 5.99. The van der Waals surface area contributed by atoms with Crippen molar-refractivity contribution in [3.05, 3.63) is 24.0 Å². The second kappa shape index (κ2) is 7.06. The first kappa shape index (κ1) is 15.4. The Morgan fingerprint density at radius 2 is 2.26 bits per heavy atom. The number of ether oxygens (including phenoxy) is 1. The lowest BCUT2D eigenvalue weighted by Gasteiger charge is -2.24. The Hall–Kier alpha value is -1.66. The third-order valence-electron chi connectivity index (χ3n) is 2.93. The van der Waals surface area contributed by atoms with Gasteiger partial charge in [0.05, 0.1) is 11.3 Å². The van der Waals surface area contributed by atoms with E-state index < -0.39 is 0 Å². The van der Waals surface area contributed by atoms with Gasteiger partial charge in [0.25, 0.3) is 5.91 Å². The molecule has 0 aliphatic heterocycles.